The predicted octanol–water partition coefficient (Wildman–Crippen LogP) is 5.94. The maximum Gasteiger partial charge on any atom is 0.0643 e. The van der Waals surface area contributed by atoms with Gasteiger partial charge in [-0.15, -0.1) is 0 Å². The molecule has 0 radical (unpaired) electrons. The van der Waals surface area contributed by atoms with Gasteiger partial charge in [0.2, 0.25) is 0 Å². The molecule has 0 atom stereocenters. The van der Waals surface area contributed by atoms with Gasteiger partial charge < -0.3 is 0 Å². The average Bonchev–Trinajstić information content (AvgIpc) is 2.48. The maximum atomic E-state index is 4.51. The normalized spacial score (nSPS) is 12.4. The van der Waals surface area contributed by atoms with Gasteiger partial charge in [0, 0.05) is 12.6 Å². The van der Waals surface area contributed by atoms with E-state index in [2.05, 4.69) is 88.2 Å². The second-order valence-electron chi connectivity index (χ2n) is 7.06. The number of aliphatic imine (C=N–C) groups is 1. The van der Waals surface area contributed by atoms with Crippen LogP contribution in [-0.2, 0) is 6.42 Å². The number of hydrogen-bond donors (Lipinski definition) is 0. The summed E-state index contributed by atoms with van der Waals surface area (Å²) in [5.41, 5.74) is 8.83. The summed E-state index contributed by atoms with van der Waals surface area (Å²) >= 11 is 0. The molecule has 2 aromatic carbocycles. The lowest BCUT2D eigenvalue weighted by Crippen LogP contribution is -2.00. The summed E-state index contributed by atoms with van der Waals surface area (Å²) in [6, 6.07) is 13.2. The van der Waals surface area contributed by atoms with E-state index in [-0.39, 0.29) is 0 Å². The highest BCUT2D eigenvalue weighted by Gasteiger charge is 2.06. The zero-order valence-corrected chi connectivity index (χ0v) is 15.9. The van der Waals surface area contributed by atoms with Crippen molar-refractivity contribution in [1.29, 1.82) is 0 Å². The summed E-state index contributed by atoms with van der Waals surface area (Å²) in [6.45, 7) is 11.0. The number of benzene rings is 2. The van der Waals surface area contributed by atoms with Crippen molar-refractivity contribution in [3.05, 3.63) is 75.9 Å². The van der Waals surface area contributed by atoms with E-state index < -0.39 is 0 Å². The van der Waals surface area contributed by atoms with Gasteiger partial charge in [0.15, 0.2) is 0 Å². The summed E-state index contributed by atoms with van der Waals surface area (Å²) in [5.74, 6) is 0.651. The lowest BCUT2D eigenvalue weighted by atomic mass is 9.94. The summed E-state index contributed by atoms with van der Waals surface area (Å²) in [4.78, 5) is 4.51. The molecule has 0 saturated carbocycles. The second-order valence-corrected chi connectivity index (χ2v) is 7.06. The summed E-state index contributed by atoms with van der Waals surface area (Å²) in [5, 5.41) is 0. The third-order valence-electron chi connectivity index (χ3n) is 4.21. The fraction of sp³-hybridized carbons (Fsp3) is 0.348. The van der Waals surface area contributed by atoms with Crippen molar-refractivity contribution >= 4 is 11.8 Å². The van der Waals surface area contributed by atoms with Gasteiger partial charge in [-0.1, -0.05) is 55.3 Å². The summed E-state index contributed by atoms with van der Waals surface area (Å²) < 4.78 is 0. The van der Waals surface area contributed by atoms with Gasteiger partial charge in [-0.3, -0.25) is 4.99 Å². The molecule has 0 saturated heterocycles. The molecule has 0 N–H and O–H groups in total. The molecule has 2 rings (SSSR count). The highest BCUT2D eigenvalue weighted by molar-refractivity contribution is 6.11. The van der Waals surface area contributed by atoms with E-state index in [0.717, 1.165) is 12.1 Å². The van der Waals surface area contributed by atoms with E-state index in [9.17, 15) is 0 Å². The largest absolute Gasteiger partial charge is 0.288 e. The van der Waals surface area contributed by atoms with Crippen LogP contribution in [0.5, 0.6) is 0 Å². The molecule has 0 aliphatic heterocycles. The molecule has 0 fully saturated rings. The third-order valence-corrected chi connectivity index (χ3v) is 4.21. The Hall–Kier alpha value is -2.15. The van der Waals surface area contributed by atoms with Crippen LogP contribution >= 0.6 is 0 Å². The Labute approximate surface area is 147 Å². The quantitative estimate of drug-likeness (QED) is 0.604. The number of aryl methyl sites for hydroxylation is 3. The van der Waals surface area contributed by atoms with E-state index >= 15 is 0 Å². The first-order valence-corrected chi connectivity index (χ1v) is 8.72. The highest BCUT2D eigenvalue weighted by atomic mass is 14.7. The highest BCUT2D eigenvalue weighted by Crippen LogP contribution is 2.20. The van der Waals surface area contributed by atoms with Crippen LogP contribution in [0, 0.1) is 26.7 Å². The van der Waals surface area contributed by atoms with Crippen molar-refractivity contribution in [1.82, 2.24) is 0 Å². The molecule has 0 aliphatic rings. The van der Waals surface area contributed by atoms with Gasteiger partial charge in [0.05, 0.1) is 5.71 Å². The Morgan fingerprint density at radius 1 is 1.04 bits per heavy atom. The van der Waals surface area contributed by atoms with Gasteiger partial charge in [0.1, 0.15) is 0 Å². The molecule has 0 unspecified atom stereocenters. The molecule has 1 heteroatoms. The first kappa shape index (κ1) is 18.2. The molecule has 1 nitrogen and oxygen atoms in total. The Kier molecular flexibility index (Phi) is 6.14. The number of rotatable bonds is 5. The van der Waals surface area contributed by atoms with Crippen molar-refractivity contribution in [2.75, 3.05) is 7.05 Å². The van der Waals surface area contributed by atoms with Crippen LogP contribution in [-0.4, -0.2) is 12.8 Å². The number of nitrogens with zero attached hydrogens (tertiary/aromatic N) is 1. The van der Waals surface area contributed by atoms with Crippen LogP contribution < -0.4 is 0 Å². The fourth-order valence-electron chi connectivity index (χ4n) is 3.18. The number of hydrogen-bond acceptors (Lipinski definition) is 1. The van der Waals surface area contributed by atoms with Crippen molar-refractivity contribution in [3.63, 3.8) is 0 Å². The summed E-state index contributed by atoms with van der Waals surface area (Å²) in [7, 11) is 1.87. The van der Waals surface area contributed by atoms with Crippen LogP contribution in [0.1, 0.15) is 47.2 Å². The van der Waals surface area contributed by atoms with Crippen molar-refractivity contribution in [2.24, 2.45) is 10.9 Å². The average molecular weight is 319 g/mol. The molecule has 0 spiro atoms. The smallest absolute Gasteiger partial charge is 0.0643 e. The van der Waals surface area contributed by atoms with Gasteiger partial charge in [0.25, 0.3) is 0 Å². The molecular weight excluding hydrogens is 290 g/mol. The van der Waals surface area contributed by atoms with E-state index in [1.807, 2.05) is 7.05 Å². The Morgan fingerprint density at radius 2 is 1.71 bits per heavy atom. The SMILES string of the molecule is C/N=C(/C=C\c1c(C)cccc1CC(C)C)c1cc(C)cc(C)c1. The zero-order chi connectivity index (χ0) is 17.7. The molecule has 0 amide bonds. The number of allylic oxidation sites excluding steroid dienone is 1. The lowest BCUT2D eigenvalue weighted by Gasteiger charge is -2.12. The lowest BCUT2D eigenvalue weighted by molar-refractivity contribution is 0.646. The minimum absolute atomic E-state index is 0.651. The van der Waals surface area contributed by atoms with E-state index in [1.165, 1.54) is 33.4 Å². The molecular formula is C23H29N. The van der Waals surface area contributed by atoms with Gasteiger partial charge in [-0.05, 0) is 68.0 Å². The topological polar surface area (TPSA) is 12.4 Å². The van der Waals surface area contributed by atoms with Crippen molar-refractivity contribution < 1.29 is 0 Å². The van der Waals surface area contributed by atoms with Crippen LogP contribution in [0.4, 0.5) is 0 Å². The molecule has 2 aromatic rings. The minimum Gasteiger partial charge on any atom is -0.288 e. The van der Waals surface area contributed by atoms with Crippen LogP contribution in [0.3, 0.4) is 0 Å². The third kappa shape index (κ3) is 4.67. The fourth-order valence-corrected chi connectivity index (χ4v) is 3.18. The molecule has 24 heavy (non-hydrogen) atoms. The van der Waals surface area contributed by atoms with Crippen LogP contribution in [0.2, 0.25) is 0 Å². The van der Waals surface area contributed by atoms with E-state index in [4.69, 9.17) is 0 Å². The second kappa shape index (κ2) is 8.10. The maximum absolute atomic E-state index is 4.51. The molecule has 0 aliphatic carbocycles. The molecule has 0 aromatic heterocycles. The van der Waals surface area contributed by atoms with Gasteiger partial charge in [-0.25, -0.2) is 0 Å². The Balaban J connectivity index is 2.38. The Bertz CT molecular complexity index is 743. The Morgan fingerprint density at radius 3 is 2.29 bits per heavy atom. The van der Waals surface area contributed by atoms with E-state index in [1.54, 1.807) is 0 Å². The van der Waals surface area contributed by atoms with Gasteiger partial charge >= 0.3 is 0 Å². The molecule has 126 valence electrons. The van der Waals surface area contributed by atoms with Crippen LogP contribution in [0.25, 0.3) is 6.08 Å². The zero-order valence-electron chi connectivity index (χ0n) is 15.9. The first-order chi connectivity index (χ1) is 11.4. The summed E-state index contributed by atoms with van der Waals surface area (Å²) in [6.07, 6.45) is 5.48. The molecule has 0 bridgehead atoms. The predicted molar refractivity (Wildman–Crippen MR) is 107 cm³/mol. The molecule has 0 heterocycles. The van der Waals surface area contributed by atoms with Crippen LogP contribution in [0.15, 0.2) is 47.5 Å². The minimum atomic E-state index is 0.651. The standard InChI is InChI=1S/C23H29N/c1-16(2)12-20-9-7-8-19(5)22(20)10-11-23(24-6)21-14-17(3)13-18(4)15-21/h7-11,13-16H,12H2,1-6H3/b11-10-,24-23-. The first-order valence-electron chi connectivity index (χ1n) is 8.72. The monoisotopic (exact) mass is 319 g/mol. The van der Waals surface area contributed by atoms with Crippen molar-refractivity contribution in [2.45, 2.75) is 41.0 Å². The van der Waals surface area contributed by atoms with Gasteiger partial charge in [-0.2, -0.15) is 0 Å². The van der Waals surface area contributed by atoms with Crippen molar-refractivity contribution in [3.8, 4) is 0 Å². The van der Waals surface area contributed by atoms with E-state index in [0.29, 0.717) is 5.92 Å².